The molecule has 0 spiro atoms. The Bertz CT molecular complexity index is 558. The number of nitrogens with one attached hydrogen (secondary N) is 1. The van der Waals surface area contributed by atoms with Gasteiger partial charge < -0.3 is 10.2 Å². The molecule has 20 heavy (non-hydrogen) atoms. The number of rotatable bonds is 4. The normalized spacial score (nSPS) is 20.6. The minimum atomic E-state index is -2.89. The maximum atomic E-state index is 11.6. The quantitative estimate of drug-likeness (QED) is 0.865. The fourth-order valence-corrected chi connectivity index (χ4v) is 4.52. The number of nitrogens with zero attached hydrogens (tertiary/aromatic N) is 1. The van der Waals surface area contributed by atoms with E-state index >= 15 is 0 Å². The van der Waals surface area contributed by atoms with Crippen LogP contribution in [0.5, 0.6) is 0 Å². The average Bonchev–Trinajstić information content (AvgIpc) is 2.77. The Morgan fingerprint density at radius 1 is 1.40 bits per heavy atom. The predicted molar refractivity (Wildman–Crippen MR) is 86.7 cm³/mol. The van der Waals surface area contributed by atoms with Gasteiger partial charge in [0.15, 0.2) is 14.9 Å². The number of para-hydroxylation sites is 1. The lowest BCUT2D eigenvalue weighted by molar-refractivity contribution is 0.339. The van der Waals surface area contributed by atoms with Crippen LogP contribution in [-0.2, 0) is 9.84 Å². The van der Waals surface area contributed by atoms with Crippen LogP contribution in [-0.4, -0.2) is 42.5 Å². The molecule has 1 saturated heterocycles. The van der Waals surface area contributed by atoms with Gasteiger partial charge in [-0.25, -0.2) is 8.42 Å². The minimum absolute atomic E-state index is 0.00339. The predicted octanol–water partition coefficient (Wildman–Crippen LogP) is 2.28. The van der Waals surface area contributed by atoms with Gasteiger partial charge in [0.2, 0.25) is 0 Å². The van der Waals surface area contributed by atoms with Crippen LogP contribution in [0.3, 0.4) is 0 Å². The first kappa shape index (κ1) is 15.3. The standard InChI is InChI=1S/C14H20N2O2S2/c1-2-9-16(13-8-10-20(17,18)11-13)14(19)15-12-6-4-3-5-7-12/h3-7,13H,2,8-11H2,1H3,(H,15,19)/t13-/m0/s1. The molecule has 110 valence electrons. The highest BCUT2D eigenvalue weighted by atomic mass is 32.2. The second kappa shape index (κ2) is 6.54. The minimum Gasteiger partial charge on any atom is -0.345 e. The van der Waals surface area contributed by atoms with E-state index in [9.17, 15) is 8.42 Å². The van der Waals surface area contributed by atoms with Crippen molar-refractivity contribution < 1.29 is 8.42 Å². The first-order chi connectivity index (χ1) is 9.52. The second-order valence-corrected chi connectivity index (χ2v) is 7.66. The average molecular weight is 312 g/mol. The zero-order valence-corrected chi connectivity index (χ0v) is 13.2. The molecule has 0 saturated carbocycles. The highest BCUT2D eigenvalue weighted by molar-refractivity contribution is 7.91. The molecule has 1 aliphatic rings. The largest absolute Gasteiger partial charge is 0.345 e. The summed E-state index contributed by atoms with van der Waals surface area (Å²) < 4.78 is 23.3. The van der Waals surface area contributed by atoms with Gasteiger partial charge in [0.05, 0.1) is 11.5 Å². The van der Waals surface area contributed by atoms with Crippen molar-refractivity contribution in [3.63, 3.8) is 0 Å². The Kier molecular flexibility index (Phi) is 4.99. The van der Waals surface area contributed by atoms with Crippen LogP contribution in [0, 0.1) is 0 Å². The number of thiocarbonyl (C=S) groups is 1. The summed E-state index contributed by atoms with van der Waals surface area (Å²) in [6.45, 7) is 2.85. The van der Waals surface area contributed by atoms with Crippen LogP contribution < -0.4 is 5.32 Å². The van der Waals surface area contributed by atoms with E-state index in [1.807, 2.05) is 35.2 Å². The Morgan fingerprint density at radius 3 is 2.65 bits per heavy atom. The van der Waals surface area contributed by atoms with Crippen molar-refractivity contribution >= 4 is 32.9 Å². The molecule has 0 aliphatic carbocycles. The molecule has 0 aromatic heterocycles. The lowest BCUT2D eigenvalue weighted by Gasteiger charge is -2.30. The molecule has 1 aliphatic heterocycles. The van der Waals surface area contributed by atoms with E-state index in [0.29, 0.717) is 11.5 Å². The number of hydrogen-bond donors (Lipinski definition) is 1. The first-order valence-corrected chi connectivity index (χ1v) is 9.08. The molecule has 2 rings (SSSR count). The molecule has 4 nitrogen and oxygen atoms in total. The van der Waals surface area contributed by atoms with Crippen LogP contribution >= 0.6 is 12.2 Å². The lowest BCUT2D eigenvalue weighted by Crippen LogP contribution is -2.43. The molecule has 1 aromatic rings. The van der Waals surface area contributed by atoms with E-state index in [-0.39, 0.29) is 17.5 Å². The third-order valence-corrected chi connectivity index (χ3v) is 5.49. The Labute approximate surface area is 126 Å². The molecular weight excluding hydrogens is 292 g/mol. The molecule has 1 aromatic carbocycles. The molecule has 0 radical (unpaired) electrons. The molecule has 1 N–H and O–H groups in total. The van der Waals surface area contributed by atoms with Crippen molar-refractivity contribution in [2.75, 3.05) is 23.4 Å². The van der Waals surface area contributed by atoms with E-state index in [0.717, 1.165) is 18.7 Å². The lowest BCUT2D eigenvalue weighted by atomic mass is 10.2. The van der Waals surface area contributed by atoms with E-state index in [2.05, 4.69) is 12.2 Å². The zero-order chi connectivity index (χ0) is 14.6. The van der Waals surface area contributed by atoms with Crippen molar-refractivity contribution in [2.24, 2.45) is 0 Å². The summed E-state index contributed by atoms with van der Waals surface area (Å²) in [6, 6.07) is 9.72. The van der Waals surface area contributed by atoms with Crippen molar-refractivity contribution in [1.29, 1.82) is 0 Å². The molecule has 6 heteroatoms. The van der Waals surface area contributed by atoms with Gasteiger partial charge in [0.25, 0.3) is 0 Å². The van der Waals surface area contributed by atoms with Gasteiger partial charge in [0.1, 0.15) is 0 Å². The summed E-state index contributed by atoms with van der Waals surface area (Å²) in [6.07, 6.45) is 1.60. The fourth-order valence-electron chi connectivity index (χ4n) is 2.43. The van der Waals surface area contributed by atoms with Gasteiger partial charge in [0, 0.05) is 18.3 Å². The smallest absolute Gasteiger partial charge is 0.173 e. The summed E-state index contributed by atoms with van der Waals surface area (Å²) in [5, 5.41) is 3.80. The number of sulfone groups is 1. The Hall–Kier alpha value is -1.14. The van der Waals surface area contributed by atoms with Crippen LogP contribution in [0.4, 0.5) is 5.69 Å². The summed E-state index contributed by atoms with van der Waals surface area (Å²) >= 11 is 5.45. The van der Waals surface area contributed by atoms with E-state index in [4.69, 9.17) is 12.2 Å². The van der Waals surface area contributed by atoms with E-state index < -0.39 is 9.84 Å². The fraction of sp³-hybridized carbons (Fsp3) is 0.500. The van der Waals surface area contributed by atoms with E-state index in [1.54, 1.807) is 0 Å². The SMILES string of the molecule is CCCN(C(=S)Nc1ccccc1)[C@H]1CCS(=O)(=O)C1. The maximum absolute atomic E-state index is 11.6. The van der Waals surface area contributed by atoms with Gasteiger partial charge >= 0.3 is 0 Å². The van der Waals surface area contributed by atoms with Crippen LogP contribution in [0.25, 0.3) is 0 Å². The van der Waals surface area contributed by atoms with Crippen molar-refractivity contribution in [1.82, 2.24) is 4.90 Å². The molecular formula is C14H20N2O2S2. The van der Waals surface area contributed by atoms with Crippen molar-refractivity contribution in [3.8, 4) is 0 Å². The Morgan fingerprint density at radius 2 is 2.10 bits per heavy atom. The van der Waals surface area contributed by atoms with Crippen LogP contribution in [0.15, 0.2) is 30.3 Å². The van der Waals surface area contributed by atoms with Crippen molar-refractivity contribution in [3.05, 3.63) is 30.3 Å². The summed E-state index contributed by atoms with van der Waals surface area (Å²) in [4.78, 5) is 2.02. The highest BCUT2D eigenvalue weighted by Gasteiger charge is 2.33. The molecule has 0 bridgehead atoms. The molecule has 0 unspecified atom stereocenters. The van der Waals surface area contributed by atoms with Crippen LogP contribution in [0.2, 0.25) is 0 Å². The van der Waals surface area contributed by atoms with Gasteiger partial charge in [-0.1, -0.05) is 25.1 Å². The maximum Gasteiger partial charge on any atom is 0.173 e. The highest BCUT2D eigenvalue weighted by Crippen LogP contribution is 2.19. The van der Waals surface area contributed by atoms with Gasteiger partial charge in [-0.3, -0.25) is 0 Å². The summed E-state index contributed by atoms with van der Waals surface area (Å²) in [5.74, 6) is 0.482. The second-order valence-electron chi connectivity index (χ2n) is 5.05. The summed E-state index contributed by atoms with van der Waals surface area (Å²) in [5.41, 5.74) is 0.930. The first-order valence-electron chi connectivity index (χ1n) is 6.85. The van der Waals surface area contributed by atoms with E-state index in [1.165, 1.54) is 0 Å². The Balaban J connectivity index is 2.06. The van der Waals surface area contributed by atoms with Gasteiger partial charge in [-0.2, -0.15) is 0 Å². The number of benzene rings is 1. The monoisotopic (exact) mass is 312 g/mol. The molecule has 0 amide bonds. The molecule has 1 fully saturated rings. The number of hydrogen-bond acceptors (Lipinski definition) is 3. The third-order valence-electron chi connectivity index (χ3n) is 3.40. The van der Waals surface area contributed by atoms with Crippen LogP contribution in [0.1, 0.15) is 19.8 Å². The topological polar surface area (TPSA) is 49.4 Å². The number of anilines is 1. The van der Waals surface area contributed by atoms with Crippen molar-refractivity contribution in [2.45, 2.75) is 25.8 Å². The van der Waals surface area contributed by atoms with Gasteiger partial charge in [-0.05, 0) is 37.2 Å². The summed E-state index contributed by atoms with van der Waals surface area (Å²) in [7, 11) is -2.89. The van der Waals surface area contributed by atoms with Gasteiger partial charge in [-0.15, -0.1) is 0 Å². The molecule has 1 heterocycles. The third kappa shape index (κ3) is 3.93. The zero-order valence-electron chi connectivity index (χ0n) is 11.6. The molecule has 1 atom stereocenters.